The lowest BCUT2D eigenvalue weighted by Crippen LogP contribution is -2.45. The highest BCUT2D eigenvalue weighted by Gasteiger charge is 2.34. The maximum Gasteiger partial charge on any atom is 0.231 e. The predicted molar refractivity (Wildman–Crippen MR) is 135 cm³/mol. The number of piperidine rings is 1. The Balaban J connectivity index is 1.45. The molecule has 0 saturated carbocycles. The molecule has 2 aromatic rings. The van der Waals surface area contributed by atoms with E-state index < -0.39 is 0 Å². The van der Waals surface area contributed by atoms with Crippen molar-refractivity contribution in [1.82, 2.24) is 15.3 Å². The monoisotopic (exact) mass is 473 g/mol. The lowest BCUT2D eigenvalue weighted by molar-refractivity contribution is 0.0515. The Bertz CT molecular complexity index is 950. The van der Waals surface area contributed by atoms with E-state index in [-0.39, 0.29) is 5.41 Å². The minimum absolute atomic E-state index is 0.0727. The van der Waals surface area contributed by atoms with Crippen LogP contribution in [0.1, 0.15) is 50.3 Å². The molecule has 0 spiro atoms. The van der Waals surface area contributed by atoms with Crippen molar-refractivity contribution in [2.45, 2.75) is 57.4 Å². The van der Waals surface area contributed by atoms with Crippen LogP contribution in [0.3, 0.4) is 0 Å². The number of rotatable bonds is 5. The molecule has 1 aromatic heterocycles. The van der Waals surface area contributed by atoms with Gasteiger partial charge in [-0.25, -0.2) is 4.98 Å². The van der Waals surface area contributed by atoms with Gasteiger partial charge in [0.2, 0.25) is 5.95 Å². The Morgan fingerprint density at radius 1 is 1.25 bits per heavy atom. The number of hydrogen-bond acceptors (Lipinski definition) is 5. The fourth-order valence-corrected chi connectivity index (χ4v) is 5.09. The molecule has 2 saturated heterocycles. The van der Waals surface area contributed by atoms with Gasteiger partial charge in [-0.3, -0.25) is 0 Å². The minimum atomic E-state index is -0.0727. The molecule has 4 rings (SSSR count). The summed E-state index contributed by atoms with van der Waals surface area (Å²) in [4.78, 5) is 11.7. The molecule has 2 fully saturated rings. The van der Waals surface area contributed by atoms with E-state index in [4.69, 9.17) is 33.5 Å². The van der Waals surface area contributed by atoms with Gasteiger partial charge in [0, 0.05) is 54.5 Å². The van der Waals surface area contributed by atoms with Crippen molar-refractivity contribution in [2.75, 3.05) is 36.5 Å². The molecule has 2 aliphatic rings. The van der Waals surface area contributed by atoms with E-state index in [0.29, 0.717) is 23.6 Å². The first-order valence-corrected chi connectivity index (χ1v) is 12.2. The quantitative estimate of drug-likeness (QED) is 0.601. The van der Waals surface area contributed by atoms with E-state index in [1.165, 1.54) is 24.8 Å². The molecule has 0 aliphatic carbocycles. The maximum absolute atomic E-state index is 6.29. The van der Waals surface area contributed by atoms with Crippen LogP contribution in [0, 0.1) is 6.92 Å². The first-order valence-electron chi connectivity index (χ1n) is 11.5. The summed E-state index contributed by atoms with van der Waals surface area (Å²) in [6.07, 6.45) is 5.51. The number of nitrogens with one attached hydrogen (secondary N) is 2. The lowest BCUT2D eigenvalue weighted by Gasteiger charge is -2.38. The van der Waals surface area contributed by atoms with Crippen molar-refractivity contribution < 1.29 is 4.74 Å². The number of aryl methyl sites for hydroxylation is 1. The van der Waals surface area contributed by atoms with E-state index in [0.717, 1.165) is 49.1 Å². The second-order valence-electron chi connectivity index (χ2n) is 8.94. The second-order valence-corrected chi connectivity index (χ2v) is 9.78. The molecule has 2 N–H and O–H groups in total. The van der Waals surface area contributed by atoms with E-state index in [9.17, 15) is 0 Å². The number of anilines is 2. The average molecular weight is 474 g/mol. The van der Waals surface area contributed by atoms with Crippen molar-refractivity contribution >= 4 is 40.7 Å². The zero-order chi connectivity index (χ0) is 22.6. The molecule has 1 atom stereocenters. The van der Waals surface area contributed by atoms with Crippen LogP contribution in [-0.2, 0) is 10.2 Å². The van der Waals surface area contributed by atoms with Crippen molar-refractivity contribution in [3.8, 4) is 0 Å². The molecule has 0 radical (unpaired) electrons. The lowest BCUT2D eigenvalue weighted by atomic mass is 9.74. The van der Waals surface area contributed by atoms with Gasteiger partial charge in [-0.2, -0.15) is 4.98 Å². The van der Waals surface area contributed by atoms with Crippen molar-refractivity contribution in [2.24, 2.45) is 0 Å². The topological polar surface area (TPSA) is 62.3 Å². The fourth-order valence-electron chi connectivity index (χ4n) is 4.74. The largest absolute Gasteiger partial charge is 0.381 e. The molecule has 8 heteroatoms. The molecule has 0 unspecified atom stereocenters. The van der Waals surface area contributed by atoms with Crippen LogP contribution in [0.2, 0.25) is 5.02 Å². The van der Waals surface area contributed by atoms with Gasteiger partial charge in [0.15, 0.2) is 5.11 Å². The molecule has 0 bridgehead atoms. The van der Waals surface area contributed by atoms with Gasteiger partial charge in [0.05, 0.1) is 0 Å². The third-order valence-corrected chi connectivity index (χ3v) is 7.12. The Hall–Kier alpha value is -1.96. The molecule has 3 heterocycles. The summed E-state index contributed by atoms with van der Waals surface area (Å²) in [7, 11) is 0. The third kappa shape index (κ3) is 5.50. The summed E-state index contributed by atoms with van der Waals surface area (Å²) in [6.45, 7) is 7.45. The van der Waals surface area contributed by atoms with E-state index in [1.807, 2.05) is 19.1 Å². The zero-order valence-electron chi connectivity index (χ0n) is 18.9. The molecule has 6 nitrogen and oxygen atoms in total. The van der Waals surface area contributed by atoms with E-state index >= 15 is 0 Å². The van der Waals surface area contributed by atoms with Crippen LogP contribution in [0.5, 0.6) is 0 Å². The van der Waals surface area contributed by atoms with Gasteiger partial charge < -0.3 is 20.3 Å². The summed E-state index contributed by atoms with van der Waals surface area (Å²) in [5.74, 6) is 1.51. The number of thiocarbonyl (C=S) groups is 1. The van der Waals surface area contributed by atoms with Crippen LogP contribution < -0.4 is 15.5 Å². The summed E-state index contributed by atoms with van der Waals surface area (Å²) >= 11 is 11.9. The molecule has 32 heavy (non-hydrogen) atoms. The summed E-state index contributed by atoms with van der Waals surface area (Å²) in [6, 6.07) is 10.7. The molecule has 1 aromatic carbocycles. The Kier molecular flexibility index (Phi) is 7.48. The fraction of sp³-hybridized carbons (Fsp3) is 0.542. The van der Waals surface area contributed by atoms with Crippen LogP contribution in [-0.4, -0.2) is 47.4 Å². The number of halogens is 1. The van der Waals surface area contributed by atoms with Crippen LogP contribution in [0.15, 0.2) is 30.3 Å². The minimum Gasteiger partial charge on any atom is -0.381 e. The van der Waals surface area contributed by atoms with E-state index in [2.05, 4.69) is 45.6 Å². The second kappa shape index (κ2) is 10.3. The molecular weight excluding hydrogens is 442 g/mol. The smallest absolute Gasteiger partial charge is 0.231 e. The Morgan fingerprint density at radius 3 is 2.81 bits per heavy atom. The van der Waals surface area contributed by atoms with Gasteiger partial charge >= 0.3 is 0 Å². The SMILES string of the molecule is Cc1cc(N2CCCC[C@@H]2C)nc(NC(=S)NCC2(c3cccc(Cl)c3)CCOCC2)n1. The summed E-state index contributed by atoms with van der Waals surface area (Å²) in [5, 5.41) is 7.91. The predicted octanol–water partition coefficient (Wildman–Crippen LogP) is 4.85. The third-order valence-electron chi connectivity index (χ3n) is 6.64. The molecular formula is C24H32ClN5OS. The summed E-state index contributed by atoms with van der Waals surface area (Å²) < 4.78 is 5.64. The number of nitrogens with zero attached hydrogens (tertiary/aromatic N) is 3. The summed E-state index contributed by atoms with van der Waals surface area (Å²) in [5.41, 5.74) is 2.08. The maximum atomic E-state index is 6.29. The van der Waals surface area contributed by atoms with Crippen LogP contribution in [0.25, 0.3) is 0 Å². The number of hydrogen-bond donors (Lipinski definition) is 2. The highest BCUT2D eigenvalue weighted by molar-refractivity contribution is 7.80. The molecule has 2 aliphatic heterocycles. The van der Waals surface area contributed by atoms with Gasteiger partial charge in [-0.15, -0.1) is 0 Å². The van der Waals surface area contributed by atoms with Crippen molar-refractivity contribution in [3.05, 3.63) is 46.6 Å². The van der Waals surface area contributed by atoms with E-state index in [1.54, 1.807) is 0 Å². The zero-order valence-corrected chi connectivity index (χ0v) is 20.4. The molecule has 0 amide bonds. The Morgan fingerprint density at radius 2 is 2.06 bits per heavy atom. The van der Waals surface area contributed by atoms with Crippen LogP contribution in [0.4, 0.5) is 11.8 Å². The normalized spacial score (nSPS) is 20.6. The highest BCUT2D eigenvalue weighted by atomic mass is 35.5. The van der Waals surface area contributed by atoms with Crippen molar-refractivity contribution in [1.29, 1.82) is 0 Å². The standard InChI is InChI=1S/C24H32ClN5OS/c1-17-14-21(30-11-4-3-6-18(30)2)28-22(27-17)29-23(32)26-16-24(9-12-31-13-10-24)19-7-5-8-20(25)15-19/h5,7-8,14-15,18H,3-4,6,9-13,16H2,1-2H3,(H2,26,27,28,29,32)/t18-/m0/s1. The van der Waals surface area contributed by atoms with Gasteiger partial charge in [-0.1, -0.05) is 23.7 Å². The van der Waals surface area contributed by atoms with Gasteiger partial charge in [0.1, 0.15) is 5.82 Å². The first kappa shape index (κ1) is 23.2. The number of benzene rings is 1. The molecule has 172 valence electrons. The highest BCUT2D eigenvalue weighted by Crippen LogP contribution is 2.35. The first-order chi connectivity index (χ1) is 15.4. The Labute approximate surface area is 201 Å². The number of aromatic nitrogens is 2. The van der Waals surface area contributed by atoms with Gasteiger partial charge in [-0.05, 0) is 75.9 Å². The average Bonchev–Trinajstić information content (AvgIpc) is 2.78. The number of ether oxygens (including phenoxy) is 1. The van der Waals surface area contributed by atoms with Gasteiger partial charge in [0.25, 0.3) is 0 Å². The van der Waals surface area contributed by atoms with Crippen LogP contribution >= 0.6 is 23.8 Å². The van der Waals surface area contributed by atoms with Crippen molar-refractivity contribution in [3.63, 3.8) is 0 Å².